The number of hydrogen-bond donors (Lipinski definition) is 0. The number of hydrogen-bond acceptors (Lipinski definition) is 6. The van der Waals surface area contributed by atoms with Gasteiger partial charge in [0.1, 0.15) is 11.4 Å². The van der Waals surface area contributed by atoms with E-state index in [9.17, 15) is 9.59 Å². The van der Waals surface area contributed by atoms with E-state index in [0.29, 0.717) is 54.6 Å². The highest BCUT2D eigenvalue weighted by atomic mass is 16.5. The van der Waals surface area contributed by atoms with Crippen LogP contribution in [0.3, 0.4) is 0 Å². The minimum atomic E-state index is -0.386. The van der Waals surface area contributed by atoms with Crippen molar-refractivity contribution in [3.63, 3.8) is 0 Å². The molecule has 176 valence electrons. The molecule has 1 heterocycles. The molecule has 0 atom stereocenters. The number of anilines is 1. The Labute approximate surface area is 195 Å². The molecule has 0 radical (unpaired) electrons. The molecule has 0 aromatic heterocycles. The molecule has 3 rings (SSSR count). The van der Waals surface area contributed by atoms with Crippen LogP contribution in [-0.4, -0.2) is 63.3 Å². The maximum absolute atomic E-state index is 13.8. The summed E-state index contributed by atoms with van der Waals surface area (Å²) in [7, 11) is 3.22. The first kappa shape index (κ1) is 24.5. The summed E-state index contributed by atoms with van der Waals surface area (Å²) < 4.78 is 16.5. The van der Waals surface area contributed by atoms with Gasteiger partial charge in [-0.25, -0.2) is 4.90 Å². The summed E-state index contributed by atoms with van der Waals surface area (Å²) in [5.74, 6) is -0.278. The van der Waals surface area contributed by atoms with E-state index in [4.69, 9.17) is 14.2 Å². The zero-order valence-electron chi connectivity index (χ0n) is 20.0. The Bertz CT molecular complexity index is 1010. The first-order chi connectivity index (χ1) is 15.9. The molecule has 2 aromatic rings. The van der Waals surface area contributed by atoms with Gasteiger partial charge in [0.15, 0.2) is 0 Å². The number of rotatable bonds is 11. The number of carbonyl (C=O) groups excluding carboxylic acids is 2. The minimum Gasteiger partial charge on any atom is -0.489 e. The highest BCUT2D eigenvalue weighted by Gasteiger charge is 2.43. The molecule has 0 N–H and O–H groups in total. The predicted molar refractivity (Wildman–Crippen MR) is 128 cm³/mol. The van der Waals surface area contributed by atoms with Gasteiger partial charge < -0.3 is 19.1 Å². The molecular weight excluding hydrogens is 420 g/mol. The number of ether oxygens (including phenoxy) is 3. The van der Waals surface area contributed by atoms with Crippen molar-refractivity contribution in [3.05, 3.63) is 65.4 Å². The van der Waals surface area contributed by atoms with Crippen molar-refractivity contribution >= 4 is 23.1 Å². The summed E-state index contributed by atoms with van der Waals surface area (Å²) in [5.41, 5.74) is 2.91. The molecule has 0 saturated carbocycles. The van der Waals surface area contributed by atoms with Crippen molar-refractivity contribution in [1.29, 1.82) is 0 Å². The van der Waals surface area contributed by atoms with Gasteiger partial charge >= 0.3 is 0 Å². The van der Waals surface area contributed by atoms with E-state index in [0.717, 1.165) is 5.56 Å². The molecule has 33 heavy (non-hydrogen) atoms. The molecule has 7 heteroatoms. The maximum Gasteiger partial charge on any atom is 0.282 e. The molecule has 1 aliphatic rings. The largest absolute Gasteiger partial charge is 0.489 e. The van der Waals surface area contributed by atoms with Gasteiger partial charge in [-0.15, -0.1) is 0 Å². The molecule has 0 bridgehead atoms. The quantitative estimate of drug-likeness (QED) is 0.485. The van der Waals surface area contributed by atoms with Crippen molar-refractivity contribution in [2.24, 2.45) is 0 Å². The Morgan fingerprint density at radius 1 is 0.879 bits per heavy atom. The fourth-order valence-electron chi connectivity index (χ4n) is 3.74. The Morgan fingerprint density at radius 2 is 1.48 bits per heavy atom. The molecule has 0 unspecified atom stereocenters. The van der Waals surface area contributed by atoms with Gasteiger partial charge in [-0.1, -0.05) is 42.0 Å². The SMILES string of the molecule is COCCN(CCOC)C1=C(c2ccc(C)cc2)C(=O)N(c2ccccc2OC(C)C)C1=O. The standard InChI is InChI=1S/C26H32N2O5/c1-18(2)33-22-9-7-6-8-21(22)28-25(29)23(20-12-10-19(3)11-13-20)24(26(28)30)27(14-16-31-4)15-17-32-5/h6-13,18H,14-17H2,1-5H3. The second-order valence-electron chi connectivity index (χ2n) is 8.14. The summed E-state index contributed by atoms with van der Waals surface area (Å²) in [5, 5.41) is 0. The van der Waals surface area contributed by atoms with Crippen LogP contribution in [0.4, 0.5) is 5.69 Å². The van der Waals surface area contributed by atoms with Crippen LogP contribution >= 0.6 is 0 Å². The summed E-state index contributed by atoms with van der Waals surface area (Å²) >= 11 is 0. The van der Waals surface area contributed by atoms with Crippen LogP contribution < -0.4 is 9.64 Å². The van der Waals surface area contributed by atoms with Gasteiger partial charge in [-0.3, -0.25) is 9.59 Å². The molecule has 0 spiro atoms. The minimum absolute atomic E-state index is 0.108. The molecule has 0 saturated heterocycles. The lowest BCUT2D eigenvalue weighted by Gasteiger charge is -2.26. The van der Waals surface area contributed by atoms with Crippen LogP contribution in [0.2, 0.25) is 0 Å². The molecule has 1 aliphatic heterocycles. The highest BCUT2D eigenvalue weighted by Crippen LogP contribution is 2.38. The third-order valence-corrected chi connectivity index (χ3v) is 5.32. The monoisotopic (exact) mass is 452 g/mol. The highest BCUT2D eigenvalue weighted by molar-refractivity contribution is 6.45. The number of amides is 2. The third kappa shape index (κ3) is 5.43. The second kappa shape index (κ2) is 11.1. The Morgan fingerprint density at radius 3 is 2.06 bits per heavy atom. The Hall–Kier alpha value is -3.16. The van der Waals surface area contributed by atoms with Gasteiger partial charge in [0.2, 0.25) is 0 Å². The fraction of sp³-hybridized carbons (Fsp3) is 0.385. The number of para-hydroxylation sites is 2. The van der Waals surface area contributed by atoms with Gasteiger partial charge in [0.05, 0.1) is 30.6 Å². The van der Waals surface area contributed by atoms with E-state index >= 15 is 0 Å². The van der Waals surface area contributed by atoms with E-state index in [2.05, 4.69) is 0 Å². The first-order valence-corrected chi connectivity index (χ1v) is 11.1. The van der Waals surface area contributed by atoms with Gasteiger partial charge in [0, 0.05) is 27.3 Å². The normalized spacial score (nSPS) is 13.9. The van der Waals surface area contributed by atoms with E-state index in [1.807, 2.05) is 56.0 Å². The average Bonchev–Trinajstić information content (AvgIpc) is 3.04. The van der Waals surface area contributed by atoms with Crippen molar-refractivity contribution in [2.75, 3.05) is 45.4 Å². The Balaban J connectivity index is 2.14. The van der Waals surface area contributed by atoms with Crippen LogP contribution in [0.1, 0.15) is 25.0 Å². The van der Waals surface area contributed by atoms with E-state index in [-0.39, 0.29) is 17.9 Å². The maximum atomic E-state index is 13.8. The van der Waals surface area contributed by atoms with Crippen LogP contribution in [0.15, 0.2) is 54.2 Å². The molecule has 0 aliphatic carbocycles. The van der Waals surface area contributed by atoms with Crippen molar-refractivity contribution in [2.45, 2.75) is 26.9 Å². The topological polar surface area (TPSA) is 68.3 Å². The van der Waals surface area contributed by atoms with Crippen LogP contribution in [0.25, 0.3) is 5.57 Å². The lowest BCUT2D eigenvalue weighted by molar-refractivity contribution is -0.120. The summed E-state index contributed by atoms with van der Waals surface area (Å²) in [6.07, 6.45) is -0.108. The summed E-state index contributed by atoms with van der Waals surface area (Å²) in [6, 6.07) is 14.7. The van der Waals surface area contributed by atoms with Crippen molar-refractivity contribution in [3.8, 4) is 5.75 Å². The second-order valence-corrected chi connectivity index (χ2v) is 8.14. The first-order valence-electron chi connectivity index (χ1n) is 11.1. The smallest absolute Gasteiger partial charge is 0.282 e. The zero-order chi connectivity index (χ0) is 24.0. The number of aryl methyl sites for hydroxylation is 1. The lowest BCUT2D eigenvalue weighted by atomic mass is 10.0. The van der Waals surface area contributed by atoms with Crippen LogP contribution in [0.5, 0.6) is 5.75 Å². The molecule has 2 amide bonds. The summed E-state index contributed by atoms with van der Waals surface area (Å²) in [4.78, 5) is 30.7. The summed E-state index contributed by atoms with van der Waals surface area (Å²) in [6.45, 7) is 7.50. The third-order valence-electron chi connectivity index (χ3n) is 5.32. The van der Waals surface area contributed by atoms with Gasteiger partial charge in [-0.05, 0) is 38.5 Å². The number of benzene rings is 2. The van der Waals surface area contributed by atoms with E-state index in [1.54, 1.807) is 32.4 Å². The van der Waals surface area contributed by atoms with Crippen LogP contribution in [-0.2, 0) is 19.1 Å². The number of imide groups is 1. The zero-order valence-corrected chi connectivity index (χ0v) is 20.0. The number of carbonyl (C=O) groups is 2. The van der Waals surface area contributed by atoms with Crippen LogP contribution in [0, 0.1) is 6.92 Å². The Kier molecular flexibility index (Phi) is 8.25. The van der Waals surface area contributed by atoms with E-state index < -0.39 is 0 Å². The lowest BCUT2D eigenvalue weighted by Crippen LogP contribution is -2.38. The molecule has 2 aromatic carbocycles. The molecule has 7 nitrogen and oxygen atoms in total. The van der Waals surface area contributed by atoms with E-state index in [1.165, 1.54) is 4.90 Å². The fourth-order valence-corrected chi connectivity index (χ4v) is 3.74. The predicted octanol–water partition coefficient (Wildman–Crippen LogP) is 3.66. The van der Waals surface area contributed by atoms with Crippen molar-refractivity contribution < 1.29 is 23.8 Å². The number of methoxy groups -OCH3 is 2. The van der Waals surface area contributed by atoms with Crippen molar-refractivity contribution in [1.82, 2.24) is 4.90 Å². The molecular formula is C26H32N2O5. The van der Waals surface area contributed by atoms with Gasteiger partial charge in [-0.2, -0.15) is 0 Å². The molecule has 0 fully saturated rings. The average molecular weight is 453 g/mol. The number of nitrogens with zero attached hydrogens (tertiary/aromatic N) is 2. The van der Waals surface area contributed by atoms with Gasteiger partial charge in [0.25, 0.3) is 11.8 Å².